The van der Waals surface area contributed by atoms with Gasteiger partial charge in [-0.1, -0.05) is 17.7 Å². The summed E-state index contributed by atoms with van der Waals surface area (Å²) in [6.07, 6.45) is 3.42. The SMILES string of the molecule is CN1CCN(C(=O)C(C)(C)c2nc(-c3ccc(Cl)c(O)c3)c(-c3ccncc3)[nH]2)CC1. The van der Waals surface area contributed by atoms with E-state index in [0.717, 1.165) is 24.3 Å². The smallest absolute Gasteiger partial charge is 0.235 e. The summed E-state index contributed by atoms with van der Waals surface area (Å²) in [7, 11) is 2.06. The van der Waals surface area contributed by atoms with Crippen molar-refractivity contribution in [3.8, 4) is 28.3 Å². The third kappa shape index (κ3) is 4.16. The summed E-state index contributed by atoms with van der Waals surface area (Å²) in [5.41, 5.74) is 2.16. The first kappa shape index (κ1) is 21.3. The van der Waals surface area contributed by atoms with Crippen LogP contribution in [0.2, 0.25) is 5.02 Å². The second-order valence-electron chi connectivity index (χ2n) is 8.43. The number of imidazole rings is 1. The Morgan fingerprint density at radius 1 is 1.10 bits per heavy atom. The van der Waals surface area contributed by atoms with Crippen molar-refractivity contribution in [3.63, 3.8) is 0 Å². The van der Waals surface area contributed by atoms with Gasteiger partial charge < -0.3 is 19.9 Å². The van der Waals surface area contributed by atoms with Gasteiger partial charge in [0.2, 0.25) is 5.91 Å². The number of rotatable bonds is 4. The van der Waals surface area contributed by atoms with Crippen LogP contribution in [0.3, 0.4) is 0 Å². The number of phenolic OH excluding ortho intramolecular Hbond substituents is 1. The third-order valence-electron chi connectivity index (χ3n) is 5.81. The summed E-state index contributed by atoms with van der Waals surface area (Å²) >= 11 is 6.00. The molecule has 0 aliphatic carbocycles. The number of benzene rings is 1. The average Bonchev–Trinajstić information content (AvgIpc) is 3.23. The van der Waals surface area contributed by atoms with E-state index in [1.807, 2.05) is 36.9 Å². The molecule has 31 heavy (non-hydrogen) atoms. The number of pyridine rings is 1. The van der Waals surface area contributed by atoms with Crippen LogP contribution in [-0.4, -0.2) is 69.0 Å². The number of phenols is 1. The number of likely N-dealkylation sites (N-methyl/N-ethyl adjacent to an activating group) is 1. The molecule has 1 aliphatic rings. The number of aromatic nitrogens is 3. The molecule has 3 aromatic rings. The first-order valence-electron chi connectivity index (χ1n) is 10.2. The Bertz CT molecular complexity index is 1090. The zero-order valence-electron chi connectivity index (χ0n) is 17.9. The van der Waals surface area contributed by atoms with E-state index < -0.39 is 5.41 Å². The lowest BCUT2D eigenvalue weighted by Gasteiger charge is -2.36. The number of aromatic amines is 1. The highest BCUT2D eigenvalue weighted by atomic mass is 35.5. The lowest BCUT2D eigenvalue weighted by atomic mass is 9.90. The highest BCUT2D eigenvalue weighted by Crippen LogP contribution is 2.36. The molecule has 8 heteroatoms. The molecule has 4 rings (SSSR count). The molecule has 2 N–H and O–H groups in total. The van der Waals surface area contributed by atoms with Crippen LogP contribution >= 0.6 is 11.6 Å². The van der Waals surface area contributed by atoms with Crippen LogP contribution in [0.15, 0.2) is 42.7 Å². The number of nitrogens with zero attached hydrogens (tertiary/aromatic N) is 4. The Kier molecular flexibility index (Phi) is 5.73. The van der Waals surface area contributed by atoms with E-state index in [-0.39, 0.29) is 16.7 Å². The van der Waals surface area contributed by atoms with Crippen molar-refractivity contribution in [1.29, 1.82) is 0 Å². The monoisotopic (exact) mass is 439 g/mol. The summed E-state index contributed by atoms with van der Waals surface area (Å²) in [5, 5.41) is 10.4. The van der Waals surface area contributed by atoms with Gasteiger partial charge in [0, 0.05) is 49.7 Å². The normalized spacial score (nSPS) is 15.3. The Morgan fingerprint density at radius 2 is 1.77 bits per heavy atom. The number of carbonyl (C=O) groups is 1. The highest BCUT2D eigenvalue weighted by molar-refractivity contribution is 6.32. The number of hydrogen-bond acceptors (Lipinski definition) is 5. The van der Waals surface area contributed by atoms with Gasteiger partial charge in [0.15, 0.2) is 0 Å². The van der Waals surface area contributed by atoms with Crippen LogP contribution in [0.1, 0.15) is 19.7 Å². The van der Waals surface area contributed by atoms with E-state index in [9.17, 15) is 9.90 Å². The zero-order valence-corrected chi connectivity index (χ0v) is 18.6. The van der Waals surface area contributed by atoms with Crippen LogP contribution in [0, 0.1) is 0 Å². The van der Waals surface area contributed by atoms with Crippen LogP contribution in [0.4, 0.5) is 0 Å². The molecule has 1 amide bonds. The summed E-state index contributed by atoms with van der Waals surface area (Å²) in [4.78, 5) is 29.8. The lowest BCUT2D eigenvalue weighted by Crippen LogP contribution is -2.52. The highest BCUT2D eigenvalue weighted by Gasteiger charge is 2.38. The van der Waals surface area contributed by atoms with Gasteiger partial charge in [-0.3, -0.25) is 9.78 Å². The van der Waals surface area contributed by atoms with E-state index in [0.29, 0.717) is 30.2 Å². The molecule has 0 saturated carbocycles. The minimum Gasteiger partial charge on any atom is -0.506 e. The van der Waals surface area contributed by atoms with Gasteiger partial charge >= 0.3 is 0 Å². The van der Waals surface area contributed by atoms with Crippen molar-refractivity contribution in [3.05, 3.63) is 53.6 Å². The predicted molar refractivity (Wildman–Crippen MR) is 121 cm³/mol. The van der Waals surface area contributed by atoms with Crippen LogP contribution in [0.25, 0.3) is 22.5 Å². The molecule has 3 heterocycles. The number of hydrogen-bond donors (Lipinski definition) is 2. The fourth-order valence-corrected chi connectivity index (χ4v) is 3.89. The first-order chi connectivity index (χ1) is 14.8. The van der Waals surface area contributed by atoms with Crippen molar-refractivity contribution in [1.82, 2.24) is 24.8 Å². The number of amides is 1. The van der Waals surface area contributed by atoms with E-state index in [1.54, 1.807) is 24.5 Å². The molecule has 1 aliphatic heterocycles. The summed E-state index contributed by atoms with van der Waals surface area (Å²) < 4.78 is 0. The first-order valence-corrected chi connectivity index (χ1v) is 10.6. The number of aromatic hydroxyl groups is 1. The van der Waals surface area contributed by atoms with Crippen LogP contribution in [-0.2, 0) is 10.2 Å². The maximum absolute atomic E-state index is 13.4. The molecule has 2 aromatic heterocycles. The van der Waals surface area contributed by atoms with Gasteiger partial charge in [-0.2, -0.15) is 0 Å². The molecule has 1 saturated heterocycles. The standard InChI is InChI=1S/C23H26ClN5O2/c1-23(2,22(31)29-12-10-28(3)11-13-29)21-26-19(15-6-8-25-9-7-15)20(27-21)16-4-5-17(24)18(30)14-16/h4-9,14,30H,10-13H2,1-3H3,(H,26,27). The van der Waals surface area contributed by atoms with Crippen molar-refractivity contribution < 1.29 is 9.90 Å². The molecule has 0 atom stereocenters. The molecule has 162 valence electrons. The molecule has 7 nitrogen and oxygen atoms in total. The fourth-order valence-electron chi connectivity index (χ4n) is 3.77. The van der Waals surface area contributed by atoms with Gasteiger partial charge in [0.25, 0.3) is 0 Å². The minimum absolute atomic E-state index is 0.0165. The van der Waals surface area contributed by atoms with Crippen molar-refractivity contribution in [2.45, 2.75) is 19.3 Å². The van der Waals surface area contributed by atoms with Crippen molar-refractivity contribution in [2.24, 2.45) is 0 Å². The van der Waals surface area contributed by atoms with Gasteiger partial charge in [-0.25, -0.2) is 4.98 Å². The van der Waals surface area contributed by atoms with Gasteiger partial charge in [-0.05, 0) is 45.2 Å². The molecule has 1 fully saturated rings. The number of carbonyl (C=O) groups excluding carboxylic acids is 1. The van der Waals surface area contributed by atoms with Crippen LogP contribution in [0.5, 0.6) is 5.75 Å². The minimum atomic E-state index is -0.843. The maximum Gasteiger partial charge on any atom is 0.235 e. The molecular formula is C23H26ClN5O2. The Labute approximate surface area is 186 Å². The Hall–Kier alpha value is -2.90. The topological polar surface area (TPSA) is 85.3 Å². The number of halogens is 1. The second-order valence-corrected chi connectivity index (χ2v) is 8.84. The van der Waals surface area contributed by atoms with Crippen molar-refractivity contribution >= 4 is 17.5 Å². The predicted octanol–water partition coefficient (Wildman–Crippen LogP) is 3.55. The van der Waals surface area contributed by atoms with Crippen molar-refractivity contribution in [2.75, 3.05) is 33.2 Å². The summed E-state index contributed by atoms with van der Waals surface area (Å²) in [6, 6.07) is 8.79. The molecule has 0 unspecified atom stereocenters. The summed E-state index contributed by atoms with van der Waals surface area (Å²) in [6.45, 7) is 6.91. The largest absolute Gasteiger partial charge is 0.506 e. The van der Waals surface area contributed by atoms with E-state index in [1.165, 1.54) is 0 Å². The second kappa shape index (κ2) is 8.32. The number of H-pyrrole nitrogens is 1. The third-order valence-corrected chi connectivity index (χ3v) is 6.13. The summed E-state index contributed by atoms with van der Waals surface area (Å²) in [5.74, 6) is 0.603. The molecule has 1 aromatic carbocycles. The van der Waals surface area contributed by atoms with Gasteiger partial charge in [0.1, 0.15) is 17.0 Å². The number of nitrogens with one attached hydrogen (secondary N) is 1. The molecule has 0 spiro atoms. The molecule has 0 bridgehead atoms. The van der Waals surface area contributed by atoms with E-state index in [2.05, 4.69) is 21.9 Å². The van der Waals surface area contributed by atoms with Gasteiger partial charge in [0.05, 0.1) is 16.4 Å². The van der Waals surface area contributed by atoms with Gasteiger partial charge in [-0.15, -0.1) is 0 Å². The lowest BCUT2D eigenvalue weighted by molar-refractivity contribution is -0.138. The molecule has 0 radical (unpaired) electrons. The Balaban J connectivity index is 1.77. The van der Waals surface area contributed by atoms with E-state index >= 15 is 0 Å². The zero-order chi connectivity index (χ0) is 22.2. The van der Waals surface area contributed by atoms with E-state index in [4.69, 9.17) is 16.6 Å². The van der Waals surface area contributed by atoms with Crippen LogP contribution < -0.4 is 0 Å². The maximum atomic E-state index is 13.4. The fraction of sp³-hybridized carbons (Fsp3) is 0.348. The quantitative estimate of drug-likeness (QED) is 0.649. The Morgan fingerprint density at radius 3 is 2.42 bits per heavy atom. The number of piperazine rings is 1. The molecular weight excluding hydrogens is 414 g/mol. The average molecular weight is 440 g/mol.